The Morgan fingerprint density at radius 2 is 1.81 bits per heavy atom. The second-order valence-corrected chi connectivity index (χ2v) is 6.77. The third kappa shape index (κ3) is 3.93. The van der Waals surface area contributed by atoms with Crippen LogP contribution < -0.4 is 5.56 Å². The molecule has 5 nitrogen and oxygen atoms in total. The van der Waals surface area contributed by atoms with Crippen molar-refractivity contribution < 1.29 is 8.78 Å². The van der Waals surface area contributed by atoms with Crippen LogP contribution in [0.3, 0.4) is 0 Å². The van der Waals surface area contributed by atoms with Crippen LogP contribution in [0.1, 0.15) is 5.56 Å². The molecule has 3 heterocycles. The minimum absolute atomic E-state index is 0.151. The fraction of sp³-hybridized carbons (Fsp3) is 0.250. The zero-order chi connectivity index (χ0) is 18.8. The van der Waals surface area contributed by atoms with Crippen LogP contribution in [-0.2, 0) is 13.1 Å². The van der Waals surface area contributed by atoms with E-state index in [9.17, 15) is 13.6 Å². The van der Waals surface area contributed by atoms with E-state index in [-0.39, 0.29) is 11.5 Å². The smallest absolute Gasteiger partial charge is 0.266 e. The van der Waals surface area contributed by atoms with Crippen molar-refractivity contribution in [2.75, 3.05) is 13.1 Å². The van der Waals surface area contributed by atoms with Gasteiger partial charge < -0.3 is 0 Å². The summed E-state index contributed by atoms with van der Waals surface area (Å²) in [4.78, 5) is 18.1. The van der Waals surface area contributed by atoms with E-state index >= 15 is 0 Å². The lowest BCUT2D eigenvalue weighted by molar-refractivity contribution is 0.0755. The zero-order valence-corrected chi connectivity index (χ0v) is 14.6. The third-order valence-corrected chi connectivity index (χ3v) is 4.71. The van der Waals surface area contributed by atoms with Gasteiger partial charge in [-0.3, -0.25) is 14.7 Å². The first-order chi connectivity index (χ1) is 13.1. The second-order valence-electron chi connectivity index (χ2n) is 6.77. The van der Waals surface area contributed by atoms with Gasteiger partial charge in [0, 0.05) is 55.1 Å². The van der Waals surface area contributed by atoms with Gasteiger partial charge in [-0.15, -0.1) is 0 Å². The quantitative estimate of drug-likeness (QED) is 0.695. The van der Waals surface area contributed by atoms with Crippen molar-refractivity contribution in [2.24, 2.45) is 5.92 Å². The highest BCUT2D eigenvalue weighted by Crippen LogP contribution is 2.22. The molecule has 0 spiro atoms. The topological polar surface area (TPSA) is 51.0 Å². The average Bonchev–Trinajstić information content (AvgIpc) is 2.65. The summed E-state index contributed by atoms with van der Waals surface area (Å²) in [5, 5.41) is 4.45. The van der Waals surface area contributed by atoms with Gasteiger partial charge in [-0.1, -0.05) is 0 Å². The van der Waals surface area contributed by atoms with Gasteiger partial charge in [-0.2, -0.15) is 5.10 Å². The van der Waals surface area contributed by atoms with E-state index in [0.717, 1.165) is 23.4 Å². The standard InChI is InChI=1S/C20H18F2N4O/c21-17-1-2-18(22)16(9-17)13-25-10-14(11-25)12-26-20(27)4-3-19(24-26)15-5-7-23-8-6-15/h1-9,14H,10-13H2. The Kier molecular flexibility index (Phi) is 4.77. The first-order valence-electron chi connectivity index (χ1n) is 8.73. The molecule has 0 radical (unpaired) electrons. The van der Waals surface area contributed by atoms with E-state index in [1.165, 1.54) is 16.8 Å². The van der Waals surface area contributed by atoms with Gasteiger partial charge in [0.1, 0.15) is 11.6 Å². The maximum absolute atomic E-state index is 13.7. The third-order valence-electron chi connectivity index (χ3n) is 4.71. The highest BCUT2D eigenvalue weighted by atomic mass is 19.1. The van der Waals surface area contributed by atoms with Crippen molar-refractivity contribution in [3.8, 4) is 11.3 Å². The second kappa shape index (κ2) is 7.36. The van der Waals surface area contributed by atoms with E-state index in [4.69, 9.17) is 0 Å². The molecule has 1 saturated heterocycles. The van der Waals surface area contributed by atoms with Crippen molar-refractivity contribution in [3.05, 3.63) is 82.4 Å². The molecule has 0 atom stereocenters. The largest absolute Gasteiger partial charge is 0.298 e. The molecule has 0 aliphatic carbocycles. The van der Waals surface area contributed by atoms with Crippen molar-refractivity contribution >= 4 is 0 Å². The summed E-state index contributed by atoms with van der Waals surface area (Å²) in [6, 6.07) is 10.4. The van der Waals surface area contributed by atoms with E-state index in [1.807, 2.05) is 17.0 Å². The normalized spacial score (nSPS) is 14.9. The summed E-state index contributed by atoms with van der Waals surface area (Å²) in [5.41, 5.74) is 1.82. The molecule has 4 rings (SSSR count). The first-order valence-corrected chi connectivity index (χ1v) is 8.73. The van der Waals surface area contributed by atoms with Crippen LogP contribution in [0, 0.1) is 17.6 Å². The van der Waals surface area contributed by atoms with Crippen LogP contribution in [0.2, 0.25) is 0 Å². The van der Waals surface area contributed by atoms with Crippen LogP contribution in [0.4, 0.5) is 8.78 Å². The number of benzene rings is 1. The summed E-state index contributed by atoms with van der Waals surface area (Å²) in [7, 11) is 0. The summed E-state index contributed by atoms with van der Waals surface area (Å²) in [6.07, 6.45) is 3.36. The molecule has 1 aliphatic heterocycles. The molecule has 7 heteroatoms. The lowest BCUT2D eigenvalue weighted by Gasteiger charge is -2.39. The molecule has 1 aliphatic rings. The average molecular weight is 368 g/mol. The van der Waals surface area contributed by atoms with Gasteiger partial charge in [0.05, 0.1) is 12.2 Å². The predicted molar refractivity (Wildman–Crippen MR) is 96.9 cm³/mol. The van der Waals surface area contributed by atoms with Gasteiger partial charge in [-0.25, -0.2) is 13.5 Å². The van der Waals surface area contributed by atoms with Gasteiger partial charge in [0.2, 0.25) is 0 Å². The molecule has 0 N–H and O–H groups in total. The highest BCUT2D eigenvalue weighted by Gasteiger charge is 2.28. The molecule has 0 bridgehead atoms. The van der Waals surface area contributed by atoms with Gasteiger partial charge >= 0.3 is 0 Å². The Hall–Kier alpha value is -2.93. The summed E-state index contributed by atoms with van der Waals surface area (Å²) >= 11 is 0. The summed E-state index contributed by atoms with van der Waals surface area (Å²) < 4.78 is 28.5. The Labute approximate surface area is 154 Å². The molecule has 0 unspecified atom stereocenters. The number of rotatable bonds is 5. The zero-order valence-electron chi connectivity index (χ0n) is 14.6. The lowest BCUT2D eigenvalue weighted by atomic mass is 9.99. The number of halogens is 2. The lowest BCUT2D eigenvalue weighted by Crippen LogP contribution is -2.49. The van der Waals surface area contributed by atoms with Crippen LogP contribution >= 0.6 is 0 Å². The minimum Gasteiger partial charge on any atom is -0.298 e. The molecular weight excluding hydrogens is 350 g/mol. The van der Waals surface area contributed by atoms with Gasteiger partial charge in [0.15, 0.2) is 0 Å². The monoisotopic (exact) mass is 368 g/mol. The van der Waals surface area contributed by atoms with Gasteiger partial charge in [-0.05, 0) is 36.4 Å². The molecule has 1 aromatic carbocycles. The summed E-state index contributed by atoms with van der Waals surface area (Å²) in [5.74, 6) is -0.588. The molecule has 1 fully saturated rings. The number of hydrogen-bond donors (Lipinski definition) is 0. The number of likely N-dealkylation sites (tertiary alicyclic amines) is 1. The van der Waals surface area contributed by atoms with Crippen LogP contribution in [0.15, 0.2) is 59.7 Å². The molecule has 3 aromatic rings. The maximum atomic E-state index is 13.7. The van der Waals surface area contributed by atoms with Crippen LogP contribution in [-0.4, -0.2) is 32.8 Å². The van der Waals surface area contributed by atoms with Crippen molar-refractivity contribution in [3.63, 3.8) is 0 Å². The minimum atomic E-state index is -0.438. The fourth-order valence-electron chi connectivity index (χ4n) is 3.33. The predicted octanol–water partition coefficient (Wildman–Crippen LogP) is 2.72. The number of hydrogen-bond acceptors (Lipinski definition) is 4. The van der Waals surface area contributed by atoms with E-state index in [0.29, 0.717) is 31.7 Å². The van der Waals surface area contributed by atoms with E-state index in [1.54, 1.807) is 18.5 Å². The molecular formula is C20H18F2N4O. The SMILES string of the molecule is O=c1ccc(-c2ccncc2)nn1CC1CN(Cc2cc(F)ccc2F)C1. The number of pyridine rings is 1. The molecule has 2 aromatic heterocycles. The number of nitrogens with zero attached hydrogens (tertiary/aromatic N) is 4. The van der Waals surface area contributed by atoms with Crippen LogP contribution in [0.25, 0.3) is 11.3 Å². The van der Waals surface area contributed by atoms with Crippen molar-refractivity contribution in [1.29, 1.82) is 0 Å². The highest BCUT2D eigenvalue weighted by molar-refractivity contribution is 5.56. The van der Waals surface area contributed by atoms with Crippen LogP contribution in [0.5, 0.6) is 0 Å². The van der Waals surface area contributed by atoms with E-state index < -0.39 is 11.6 Å². The Morgan fingerprint density at radius 3 is 2.59 bits per heavy atom. The molecule has 138 valence electrons. The maximum Gasteiger partial charge on any atom is 0.266 e. The van der Waals surface area contributed by atoms with E-state index in [2.05, 4.69) is 10.1 Å². The Balaban J connectivity index is 1.40. The summed E-state index contributed by atoms with van der Waals surface area (Å²) in [6.45, 7) is 2.28. The molecule has 27 heavy (non-hydrogen) atoms. The molecule has 0 amide bonds. The van der Waals surface area contributed by atoms with Crippen molar-refractivity contribution in [2.45, 2.75) is 13.1 Å². The molecule has 0 saturated carbocycles. The van der Waals surface area contributed by atoms with Crippen molar-refractivity contribution in [1.82, 2.24) is 19.7 Å². The fourth-order valence-corrected chi connectivity index (χ4v) is 3.33. The van der Waals surface area contributed by atoms with Gasteiger partial charge in [0.25, 0.3) is 5.56 Å². The first kappa shape index (κ1) is 17.5. The number of aromatic nitrogens is 3. The Bertz CT molecular complexity index is 1000. The Morgan fingerprint density at radius 1 is 1.04 bits per heavy atom.